The third-order valence-electron chi connectivity index (χ3n) is 6.20. The average molecular weight is 381 g/mol. The van der Waals surface area contributed by atoms with Crippen LogP contribution >= 0.6 is 0 Å². The van der Waals surface area contributed by atoms with E-state index in [9.17, 15) is 0 Å². The number of rotatable bonds is 5. The van der Waals surface area contributed by atoms with Crippen LogP contribution in [0.4, 0.5) is 0 Å². The highest BCUT2D eigenvalue weighted by molar-refractivity contribution is 6.74. The number of hydrogen-bond donors (Lipinski definition) is 0. The summed E-state index contributed by atoms with van der Waals surface area (Å²) in [4.78, 5) is 0. The van der Waals surface area contributed by atoms with Crippen molar-refractivity contribution in [3.8, 4) is 0 Å². The van der Waals surface area contributed by atoms with Gasteiger partial charge in [0.25, 0.3) is 0 Å². The quantitative estimate of drug-likeness (QED) is 0.452. The Kier molecular flexibility index (Phi) is 5.49. The Labute approximate surface area is 165 Å². The standard InChI is InChI=1S/C24H32O2Si/c1-7-24(21-15-9-8-10-16-21,26-27(5,6)23(2,3)4)22-17-19-13-11-12-14-20(19)18-25-22/h7-16,22H,1,17-18H2,2-6H3/t22-,24+/m0/s1. The first-order valence-corrected chi connectivity index (χ1v) is 12.7. The molecule has 3 rings (SSSR count). The lowest BCUT2D eigenvalue weighted by atomic mass is 9.83. The van der Waals surface area contributed by atoms with Crippen molar-refractivity contribution in [3.05, 3.63) is 83.9 Å². The first kappa shape index (κ1) is 20.1. The average Bonchev–Trinajstić information content (AvgIpc) is 2.65. The van der Waals surface area contributed by atoms with Gasteiger partial charge in [0.05, 0.1) is 12.7 Å². The van der Waals surface area contributed by atoms with Crippen LogP contribution in [-0.2, 0) is 27.8 Å². The minimum atomic E-state index is -2.07. The fourth-order valence-corrected chi connectivity index (χ4v) is 4.98. The van der Waals surface area contributed by atoms with E-state index in [0.29, 0.717) is 6.61 Å². The van der Waals surface area contributed by atoms with Gasteiger partial charge in [-0.2, -0.15) is 0 Å². The SMILES string of the molecule is C=C[C@@](O[Si](C)(C)C(C)(C)C)(c1ccccc1)[C@@H]1Cc2ccccc2CO1. The highest BCUT2D eigenvalue weighted by Crippen LogP contribution is 2.46. The van der Waals surface area contributed by atoms with Gasteiger partial charge in [0.2, 0.25) is 0 Å². The molecular formula is C24H32O2Si. The van der Waals surface area contributed by atoms with Crippen molar-refractivity contribution in [2.75, 3.05) is 0 Å². The van der Waals surface area contributed by atoms with Crippen LogP contribution in [0, 0.1) is 0 Å². The predicted molar refractivity (Wildman–Crippen MR) is 115 cm³/mol. The molecule has 2 aromatic rings. The molecule has 1 heterocycles. The van der Waals surface area contributed by atoms with Crippen LogP contribution in [0.5, 0.6) is 0 Å². The number of hydrogen-bond acceptors (Lipinski definition) is 2. The molecule has 0 bridgehead atoms. The van der Waals surface area contributed by atoms with E-state index in [4.69, 9.17) is 9.16 Å². The van der Waals surface area contributed by atoms with Gasteiger partial charge in [-0.3, -0.25) is 0 Å². The molecule has 0 amide bonds. The molecule has 2 aromatic carbocycles. The molecule has 1 aliphatic heterocycles. The van der Waals surface area contributed by atoms with Gasteiger partial charge in [0.1, 0.15) is 5.60 Å². The summed E-state index contributed by atoms with van der Waals surface area (Å²) in [6.07, 6.45) is 2.70. The molecule has 1 aliphatic rings. The molecule has 0 aliphatic carbocycles. The summed E-state index contributed by atoms with van der Waals surface area (Å²) in [5.41, 5.74) is 3.08. The maximum atomic E-state index is 7.08. The Balaban J connectivity index is 2.07. The van der Waals surface area contributed by atoms with Gasteiger partial charge in [-0.15, -0.1) is 0 Å². The van der Waals surface area contributed by atoms with Gasteiger partial charge in [-0.25, -0.2) is 0 Å². The molecule has 0 radical (unpaired) electrons. The highest BCUT2D eigenvalue weighted by Gasteiger charge is 2.49. The van der Waals surface area contributed by atoms with Gasteiger partial charge in [0, 0.05) is 6.42 Å². The molecule has 0 saturated carbocycles. The van der Waals surface area contributed by atoms with Crippen LogP contribution in [-0.4, -0.2) is 14.4 Å². The molecule has 0 unspecified atom stereocenters. The third kappa shape index (κ3) is 3.82. The monoisotopic (exact) mass is 380 g/mol. The summed E-state index contributed by atoms with van der Waals surface area (Å²) in [5, 5.41) is 0.0998. The van der Waals surface area contributed by atoms with Gasteiger partial charge in [-0.1, -0.05) is 88.0 Å². The van der Waals surface area contributed by atoms with Crippen molar-refractivity contribution in [1.82, 2.24) is 0 Å². The van der Waals surface area contributed by atoms with Crippen molar-refractivity contribution in [3.63, 3.8) is 0 Å². The Morgan fingerprint density at radius 3 is 2.19 bits per heavy atom. The Bertz CT molecular complexity index is 792. The van der Waals surface area contributed by atoms with E-state index in [1.165, 1.54) is 11.1 Å². The fraction of sp³-hybridized carbons (Fsp3) is 0.417. The molecular weight excluding hydrogens is 348 g/mol. The molecule has 2 nitrogen and oxygen atoms in total. The van der Waals surface area contributed by atoms with Gasteiger partial charge < -0.3 is 9.16 Å². The maximum absolute atomic E-state index is 7.08. The van der Waals surface area contributed by atoms with E-state index in [0.717, 1.165) is 12.0 Å². The molecule has 0 saturated heterocycles. The zero-order valence-corrected chi connectivity index (χ0v) is 18.3. The second-order valence-corrected chi connectivity index (χ2v) is 13.7. The summed E-state index contributed by atoms with van der Waals surface area (Å²) < 4.78 is 13.5. The lowest BCUT2D eigenvalue weighted by Crippen LogP contribution is -2.54. The van der Waals surface area contributed by atoms with Gasteiger partial charge in [0.15, 0.2) is 8.32 Å². The second kappa shape index (κ2) is 7.38. The zero-order chi connectivity index (χ0) is 19.7. The molecule has 0 N–H and O–H groups in total. The minimum absolute atomic E-state index is 0.0959. The fourth-order valence-electron chi connectivity index (χ4n) is 3.50. The van der Waals surface area contributed by atoms with E-state index in [1.54, 1.807) is 0 Å². The number of ether oxygens (including phenoxy) is 1. The largest absolute Gasteiger partial charge is 0.401 e. The van der Waals surface area contributed by atoms with E-state index in [2.05, 4.69) is 89.0 Å². The summed E-state index contributed by atoms with van der Waals surface area (Å²) in [7, 11) is -2.07. The first-order valence-electron chi connectivity index (χ1n) is 9.77. The van der Waals surface area contributed by atoms with Crippen molar-refractivity contribution < 1.29 is 9.16 Å². The van der Waals surface area contributed by atoms with Crippen molar-refractivity contribution in [2.24, 2.45) is 0 Å². The van der Waals surface area contributed by atoms with Gasteiger partial charge in [-0.05, 0) is 34.8 Å². The summed E-state index contributed by atoms with van der Waals surface area (Å²) >= 11 is 0. The Hall–Kier alpha value is -1.68. The molecule has 27 heavy (non-hydrogen) atoms. The van der Waals surface area contributed by atoms with E-state index in [1.807, 2.05) is 12.1 Å². The third-order valence-corrected chi connectivity index (χ3v) is 10.7. The van der Waals surface area contributed by atoms with Crippen LogP contribution < -0.4 is 0 Å². The summed E-state index contributed by atoms with van der Waals surface area (Å²) in [6, 6.07) is 19.0. The van der Waals surface area contributed by atoms with Crippen molar-refractivity contribution in [1.29, 1.82) is 0 Å². The smallest absolute Gasteiger partial charge is 0.193 e. The predicted octanol–water partition coefficient (Wildman–Crippen LogP) is 6.23. The van der Waals surface area contributed by atoms with Crippen LogP contribution in [0.15, 0.2) is 67.3 Å². The molecule has 0 fully saturated rings. The van der Waals surface area contributed by atoms with Crippen LogP contribution in [0.3, 0.4) is 0 Å². The Morgan fingerprint density at radius 2 is 1.59 bits per heavy atom. The Morgan fingerprint density at radius 1 is 1.00 bits per heavy atom. The summed E-state index contributed by atoms with van der Waals surface area (Å²) in [6.45, 7) is 16.3. The highest BCUT2D eigenvalue weighted by atomic mass is 28.4. The van der Waals surface area contributed by atoms with Crippen molar-refractivity contribution >= 4 is 8.32 Å². The topological polar surface area (TPSA) is 18.5 Å². The zero-order valence-electron chi connectivity index (χ0n) is 17.3. The van der Waals surface area contributed by atoms with E-state index < -0.39 is 13.9 Å². The van der Waals surface area contributed by atoms with Crippen LogP contribution in [0.25, 0.3) is 0 Å². The lowest BCUT2D eigenvalue weighted by molar-refractivity contribution is -0.0909. The van der Waals surface area contributed by atoms with E-state index in [-0.39, 0.29) is 11.1 Å². The number of fused-ring (bicyclic) bond motifs is 1. The lowest BCUT2D eigenvalue weighted by Gasteiger charge is -2.48. The van der Waals surface area contributed by atoms with Crippen molar-refractivity contribution in [2.45, 2.75) is 63.6 Å². The normalized spacial score (nSPS) is 19.8. The molecule has 144 valence electrons. The molecule has 3 heteroatoms. The molecule has 0 aromatic heterocycles. The van der Waals surface area contributed by atoms with Crippen LogP contribution in [0.2, 0.25) is 18.1 Å². The molecule has 0 spiro atoms. The summed E-state index contributed by atoms with van der Waals surface area (Å²) in [5.74, 6) is 0. The number of benzene rings is 2. The van der Waals surface area contributed by atoms with Gasteiger partial charge >= 0.3 is 0 Å². The van der Waals surface area contributed by atoms with E-state index >= 15 is 0 Å². The van der Waals surface area contributed by atoms with Crippen LogP contribution in [0.1, 0.15) is 37.5 Å². The minimum Gasteiger partial charge on any atom is -0.401 e. The second-order valence-electron chi connectivity index (χ2n) is 9.00. The first-order chi connectivity index (χ1) is 12.7. The molecule has 2 atom stereocenters. The maximum Gasteiger partial charge on any atom is 0.193 e.